The minimum absolute atomic E-state index is 0.432. The molecule has 0 aliphatic carbocycles. The molecule has 21 heavy (non-hydrogen) atoms. The fraction of sp³-hybridized carbons (Fsp3) is 0.471. The fourth-order valence-electron chi connectivity index (χ4n) is 2.52. The normalized spacial score (nSPS) is 12.6. The SMILES string of the molecule is CCn1cncc1CN(C)C(C)Cc1ccccc1OC. The van der Waals surface area contributed by atoms with Gasteiger partial charge in [0.05, 0.1) is 19.1 Å². The third-order valence-corrected chi connectivity index (χ3v) is 4.01. The van der Waals surface area contributed by atoms with Crippen molar-refractivity contribution in [1.82, 2.24) is 14.5 Å². The van der Waals surface area contributed by atoms with Crippen molar-refractivity contribution in [3.8, 4) is 5.75 Å². The number of hydrogen-bond acceptors (Lipinski definition) is 3. The lowest BCUT2D eigenvalue weighted by atomic mass is 10.1. The molecule has 0 radical (unpaired) electrons. The first-order chi connectivity index (χ1) is 10.2. The molecule has 1 aromatic heterocycles. The Kier molecular flexibility index (Phi) is 5.39. The maximum atomic E-state index is 5.44. The predicted octanol–water partition coefficient (Wildman–Crippen LogP) is 2.97. The lowest BCUT2D eigenvalue weighted by molar-refractivity contribution is 0.240. The van der Waals surface area contributed by atoms with Crippen molar-refractivity contribution in [2.45, 2.75) is 39.4 Å². The third kappa shape index (κ3) is 3.85. The summed E-state index contributed by atoms with van der Waals surface area (Å²) < 4.78 is 7.62. The topological polar surface area (TPSA) is 30.3 Å². The lowest BCUT2D eigenvalue weighted by Gasteiger charge is -2.25. The van der Waals surface area contributed by atoms with Crippen molar-refractivity contribution in [3.63, 3.8) is 0 Å². The highest BCUT2D eigenvalue weighted by Gasteiger charge is 2.14. The summed E-state index contributed by atoms with van der Waals surface area (Å²) in [5.74, 6) is 0.969. The van der Waals surface area contributed by atoms with Crippen LogP contribution in [0.25, 0.3) is 0 Å². The maximum absolute atomic E-state index is 5.44. The van der Waals surface area contributed by atoms with E-state index in [-0.39, 0.29) is 0 Å². The maximum Gasteiger partial charge on any atom is 0.122 e. The second kappa shape index (κ2) is 7.27. The van der Waals surface area contributed by atoms with Crippen LogP contribution in [0.4, 0.5) is 0 Å². The molecular formula is C17H25N3O. The van der Waals surface area contributed by atoms with E-state index >= 15 is 0 Å². The number of imidazole rings is 1. The molecule has 2 rings (SSSR count). The highest BCUT2D eigenvalue weighted by Crippen LogP contribution is 2.20. The number of rotatable bonds is 7. The Labute approximate surface area is 127 Å². The van der Waals surface area contributed by atoms with Crippen LogP contribution in [0, 0.1) is 0 Å². The summed E-state index contributed by atoms with van der Waals surface area (Å²) in [6.07, 6.45) is 4.82. The minimum atomic E-state index is 0.432. The van der Waals surface area contributed by atoms with Gasteiger partial charge in [-0.05, 0) is 38.9 Å². The summed E-state index contributed by atoms with van der Waals surface area (Å²) in [5, 5.41) is 0. The molecule has 1 heterocycles. The number of likely N-dealkylation sites (N-methyl/N-ethyl adjacent to an activating group) is 1. The minimum Gasteiger partial charge on any atom is -0.496 e. The first-order valence-corrected chi connectivity index (χ1v) is 7.46. The number of aryl methyl sites for hydroxylation is 1. The van der Waals surface area contributed by atoms with E-state index in [9.17, 15) is 0 Å². The number of ether oxygens (including phenoxy) is 1. The number of nitrogens with zero attached hydrogens (tertiary/aromatic N) is 3. The zero-order valence-electron chi connectivity index (χ0n) is 13.4. The van der Waals surface area contributed by atoms with Gasteiger partial charge in [0.2, 0.25) is 0 Å². The van der Waals surface area contributed by atoms with Gasteiger partial charge in [0.1, 0.15) is 5.75 Å². The molecule has 0 bridgehead atoms. The molecule has 4 nitrogen and oxygen atoms in total. The quantitative estimate of drug-likeness (QED) is 0.784. The van der Waals surface area contributed by atoms with Crippen molar-refractivity contribution in [2.24, 2.45) is 0 Å². The molecule has 4 heteroatoms. The van der Waals surface area contributed by atoms with Crippen LogP contribution in [0.3, 0.4) is 0 Å². The average Bonchev–Trinajstić information content (AvgIpc) is 2.94. The van der Waals surface area contributed by atoms with E-state index < -0.39 is 0 Å². The van der Waals surface area contributed by atoms with Crippen molar-refractivity contribution in [3.05, 3.63) is 48.0 Å². The standard InChI is InChI=1S/C17H25N3O/c1-5-20-13-18-11-16(20)12-19(3)14(2)10-15-8-6-7-9-17(15)21-4/h6-9,11,13-14H,5,10,12H2,1-4H3. The van der Waals surface area contributed by atoms with Crippen molar-refractivity contribution >= 4 is 0 Å². The summed E-state index contributed by atoms with van der Waals surface area (Å²) in [7, 11) is 3.89. The van der Waals surface area contributed by atoms with E-state index in [2.05, 4.69) is 47.5 Å². The van der Waals surface area contributed by atoms with E-state index in [1.807, 2.05) is 24.7 Å². The summed E-state index contributed by atoms with van der Waals surface area (Å²) in [4.78, 5) is 6.59. The summed E-state index contributed by atoms with van der Waals surface area (Å²) in [6.45, 7) is 6.26. The fourth-order valence-corrected chi connectivity index (χ4v) is 2.52. The Morgan fingerprint density at radius 3 is 2.81 bits per heavy atom. The highest BCUT2D eigenvalue weighted by atomic mass is 16.5. The van der Waals surface area contributed by atoms with Crippen LogP contribution >= 0.6 is 0 Å². The Hall–Kier alpha value is -1.81. The first kappa shape index (κ1) is 15.6. The van der Waals surface area contributed by atoms with E-state index in [0.717, 1.165) is 25.3 Å². The van der Waals surface area contributed by atoms with Crippen LogP contribution in [-0.2, 0) is 19.5 Å². The molecule has 1 aromatic carbocycles. The van der Waals surface area contributed by atoms with Crippen LogP contribution in [0.1, 0.15) is 25.1 Å². The predicted molar refractivity (Wildman–Crippen MR) is 85.5 cm³/mol. The van der Waals surface area contributed by atoms with Crippen LogP contribution < -0.4 is 4.74 Å². The molecule has 0 amide bonds. The molecule has 1 unspecified atom stereocenters. The van der Waals surface area contributed by atoms with E-state index in [4.69, 9.17) is 4.74 Å². The van der Waals surface area contributed by atoms with Crippen LogP contribution in [0.2, 0.25) is 0 Å². The van der Waals surface area contributed by atoms with Gasteiger partial charge >= 0.3 is 0 Å². The van der Waals surface area contributed by atoms with Crippen LogP contribution in [0.15, 0.2) is 36.8 Å². The Morgan fingerprint density at radius 2 is 2.10 bits per heavy atom. The van der Waals surface area contributed by atoms with Crippen LogP contribution in [-0.4, -0.2) is 34.7 Å². The Bertz CT molecular complexity index is 565. The van der Waals surface area contributed by atoms with Crippen molar-refractivity contribution in [1.29, 1.82) is 0 Å². The number of aromatic nitrogens is 2. The van der Waals surface area contributed by atoms with Gasteiger partial charge in [-0.2, -0.15) is 0 Å². The molecule has 0 N–H and O–H groups in total. The number of benzene rings is 1. The summed E-state index contributed by atoms with van der Waals surface area (Å²) >= 11 is 0. The van der Waals surface area contributed by atoms with Gasteiger partial charge in [-0.1, -0.05) is 18.2 Å². The molecule has 0 saturated carbocycles. The largest absolute Gasteiger partial charge is 0.496 e. The Balaban J connectivity index is 2.01. The smallest absolute Gasteiger partial charge is 0.122 e. The van der Waals surface area contributed by atoms with E-state index in [1.165, 1.54) is 11.3 Å². The average molecular weight is 287 g/mol. The number of para-hydroxylation sites is 1. The Morgan fingerprint density at radius 1 is 1.33 bits per heavy atom. The van der Waals surface area contributed by atoms with Crippen molar-refractivity contribution in [2.75, 3.05) is 14.2 Å². The van der Waals surface area contributed by atoms with Gasteiger partial charge in [-0.3, -0.25) is 4.90 Å². The molecule has 0 spiro atoms. The summed E-state index contributed by atoms with van der Waals surface area (Å²) in [5.41, 5.74) is 2.51. The highest BCUT2D eigenvalue weighted by molar-refractivity contribution is 5.33. The monoisotopic (exact) mass is 287 g/mol. The van der Waals surface area contributed by atoms with E-state index in [0.29, 0.717) is 6.04 Å². The van der Waals surface area contributed by atoms with Crippen molar-refractivity contribution < 1.29 is 4.74 Å². The molecular weight excluding hydrogens is 262 g/mol. The molecule has 0 fully saturated rings. The zero-order valence-corrected chi connectivity index (χ0v) is 13.4. The van der Waals surface area contributed by atoms with Crippen LogP contribution in [0.5, 0.6) is 5.75 Å². The molecule has 114 valence electrons. The molecule has 2 aromatic rings. The molecule has 1 atom stereocenters. The number of hydrogen-bond donors (Lipinski definition) is 0. The molecule has 0 aliphatic heterocycles. The van der Waals surface area contributed by atoms with Gasteiger partial charge in [0.15, 0.2) is 0 Å². The summed E-state index contributed by atoms with van der Waals surface area (Å²) in [6, 6.07) is 8.67. The van der Waals surface area contributed by atoms with Gasteiger partial charge in [0.25, 0.3) is 0 Å². The second-order valence-corrected chi connectivity index (χ2v) is 5.45. The second-order valence-electron chi connectivity index (χ2n) is 5.45. The third-order valence-electron chi connectivity index (χ3n) is 4.01. The molecule has 0 saturated heterocycles. The zero-order chi connectivity index (χ0) is 15.2. The van der Waals surface area contributed by atoms with Gasteiger partial charge in [0, 0.05) is 25.3 Å². The molecule has 0 aliphatic rings. The van der Waals surface area contributed by atoms with Gasteiger partial charge < -0.3 is 9.30 Å². The number of methoxy groups -OCH3 is 1. The van der Waals surface area contributed by atoms with Gasteiger partial charge in [-0.25, -0.2) is 4.98 Å². The van der Waals surface area contributed by atoms with Gasteiger partial charge in [-0.15, -0.1) is 0 Å². The van der Waals surface area contributed by atoms with E-state index in [1.54, 1.807) is 7.11 Å². The lowest BCUT2D eigenvalue weighted by Crippen LogP contribution is -2.31. The first-order valence-electron chi connectivity index (χ1n) is 7.46.